The third kappa shape index (κ3) is 4.58. The van der Waals surface area contributed by atoms with Crippen molar-refractivity contribution in [1.82, 2.24) is 15.0 Å². The van der Waals surface area contributed by atoms with E-state index in [1.54, 1.807) is 18.6 Å². The Morgan fingerprint density at radius 1 is 1.15 bits per heavy atom. The molecule has 3 aromatic heterocycles. The van der Waals surface area contributed by atoms with E-state index in [0.29, 0.717) is 31.0 Å². The molecule has 3 aromatic rings. The molecule has 0 bridgehead atoms. The lowest BCUT2D eigenvalue weighted by Crippen LogP contribution is -2.37. The number of rotatable bonds is 3. The zero-order chi connectivity index (χ0) is 23.0. The summed E-state index contributed by atoms with van der Waals surface area (Å²) >= 11 is 0. The van der Waals surface area contributed by atoms with Gasteiger partial charge in [0, 0.05) is 59.4 Å². The summed E-state index contributed by atoms with van der Waals surface area (Å²) in [5, 5.41) is 15.7. The molecule has 168 valence electrons. The molecule has 5 rings (SSSR count). The van der Waals surface area contributed by atoms with E-state index in [2.05, 4.69) is 32.1 Å². The first-order chi connectivity index (χ1) is 15.9. The van der Waals surface area contributed by atoms with Crippen LogP contribution in [0.2, 0.25) is 0 Å². The number of fused-ring (bicyclic) bond motifs is 1. The molecule has 0 radical (unpaired) electrons. The number of carbonyl (C=O) groups is 1. The highest BCUT2D eigenvalue weighted by Gasteiger charge is 2.35. The summed E-state index contributed by atoms with van der Waals surface area (Å²) in [7, 11) is 0. The van der Waals surface area contributed by atoms with E-state index in [1.807, 2.05) is 32.0 Å². The first kappa shape index (κ1) is 21.5. The smallest absolute Gasteiger partial charge is 0.228 e. The number of hydrogen-bond acceptors (Lipinski definition) is 6. The SMILES string of the molecule is Cc1ncc(C#Cc2ccc([C@]3(O)CCO[C@@H](C)C3)cn2)c2cc(NC(=O)C3CC3)ncc12. The zero-order valence-corrected chi connectivity index (χ0v) is 18.8. The lowest BCUT2D eigenvalue weighted by Gasteiger charge is -2.35. The number of nitrogens with one attached hydrogen (secondary N) is 1. The van der Waals surface area contributed by atoms with Crippen molar-refractivity contribution in [2.45, 2.75) is 51.2 Å². The van der Waals surface area contributed by atoms with Crippen LogP contribution in [0.5, 0.6) is 0 Å². The number of aromatic nitrogens is 3. The second-order valence-electron chi connectivity index (χ2n) is 8.99. The van der Waals surface area contributed by atoms with Crippen LogP contribution in [-0.4, -0.2) is 38.7 Å². The minimum atomic E-state index is -0.915. The van der Waals surface area contributed by atoms with Crippen LogP contribution in [0.4, 0.5) is 5.82 Å². The maximum atomic E-state index is 12.1. The Kier molecular flexibility index (Phi) is 5.57. The van der Waals surface area contributed by atoms with Gasteiger partial charge in [-0.3, -0.25) is 9.78 Å². The second kappa shape index (κ2) is 8.54. The molecule has 1 saturated heterocycles. The van der Waals surface area contributed by atoms with Gasteiger partial charge in [0.05, 0.1) is 23.9 Å². The molecule has 7 nitrogen and oxygen atoms in total. The van der Waals surface area contributed by atoms with Gasteiger partial charge in [-0.1, -0.05) is 12.0 Å². The van der Waals surface area contributed by atoms with Crippen LogP contribution in [0.15, 0.2) is 36.8 Å². The van der Waals surface area contributed by atoms with E-state index >= 15 is 0 Å². The minimum Gasteiger partial charge on any atom is -0.385 e. The van der Waals surface area contributed by atoms with E-state index in [-0.39, 0.29) is 17.9 Å². The van der Waals surface area contributed by atoms with Gasteiger partial charge in [0.2, 0.25) is 5.91 Å². The Hall–Kier alpha value is -3.34. The first-order valence-electron chi connectivity index (χ1n) is 11.3. The van der Waals surface area contributed by atoms with Crippen LogP contribution in [-0.2, 0) is 15.1 Å². The summed E-state index contributed by atoms with van der Waals surface area (Å²) in [6, 6.07) is 5.57. The van der Waals surface area contributed by atoms with Crippen molar-refractivity contribution >= 4 is 22.5 Å². The summed E-state index contributed by atoms with van der Waals surface area (Å²) in [6.07, 6.45) is 8.16. The number of hydrogen-bond donors (Lipinski definition) is 2. The topological polar surface area (TPSA) is 97.2 Å². The molecule has 4 heterocycles. The number of carbonyl (C=O) groups excluding carboxylic acids is 1. The third-order valence-electron chi connectivity index (χ3n) is 6.34. The third-order valence-corrected chi connectivity index (χ3v) is 6.34. The van der Waals surface area contributed by atoms with E-state index in [9.17, 15) is 9.90 Å². The van der Waals surface area contributed by atoms with Crippen molar-refractivity contribution in [3.05, 3.63) is 59.3 Å². The summed E-state index contributed by atoms with van der Waals surface area (Å²) in [5.74, 6) is 6.91. The van der Waals surface area contributed by atoms with Crippen molar-refractivity contribution in [1.29, 1.82) is 0 Å². The largest absolute Gasteiger partial charge is 0.385 e. The summed E-state index contributed by atoms with van der Waals surface area (Å²) < 4.78 is 5.56. The van der Waals surface area contributed by atoms with Gasteiger partial charge in [-0.05, 0) is 44.7 Å². The van der Waals surface area contributed by atoms with Crippen molar-refractivity contribution in [2.75, 3.05) is 11.9 Å². The molecular weight excluding hydrogens is 416 g/mol. The van der Waals surface area contributed by atoms with Gasteiger partial charge in [0.25, 0.3) is 0 Å². The standard InChI is InChI=1S/C26H26N4O3/c1-16-12-26(32,9-10-33-16)20-6-8-21(28-14-20)7-5-19-13-27-17(2)23-15-29-24(11-22(19)23)30-25(31)18-3-4-18/h6,8,11,13-16,18,32H,3-4,9-10,12H2,1-2H3,(H,29,30,31)/t16-,26-/m0/s1. The quantitative estimate of drug-likeness (QED) is 0.603. The average molecular weight is 443 g/mol. The fourth-order valence-corrected chi connectivity index (χ4v) is 4.21. The Morgan fingerprint density at radius 3 is 2.73 bits per heavy atom. The minimum absolute atomic E-state index is 0.0129. The van der Waals surface area contributed by atoms with Crippen LogP contribution in [0.3, 0.4) is 0 Å². The number of aryl methyl sites for hydroxylation is 1. The Balaban J connectivity index is 1.41. The van der Waals surface area contributed by atoms with Gasteiger partial charge < -0.3 is 15.2 Å². The van der Waals surface area contributed by atoms with Gasteiger partial charge in [-0.2, -0.15) is 0 Å². The number of nitrogens with zero attached hydrogens (tertiary/aromatic N) is 3. The fourth-order valence-electron chi connectivity index (χ4n) is 4.21. The molecule has 7 heteroatoms. The summed E-state index contributed by atoms with van der Waals surface area (Å²) in [6.45, 7) is 4.42. The lowest BCUT2D eigenvalue weighted by atomic mass is 9.85. The summed E-state index contributed by atoms with van der Waals surface area (Å²) in [5.41, 5.74) is 2.06. The van der Waals surface area contributed by atoms with E-state index < -0.39 is 5.60 Å². The van der Waals surface area contributed by atoms with Gasteiger partial charge in [0.15, 0.2) is 0 Å². The van der Waals surface area contributed by atoms with E-state index in [4.69, 9.17) is 4.74 Å². The van der Waals surface area contributed by atoms with Crippen LogP contribution < -0.4 is 5.32 Å². The number of pyridine rings is 3. The number of anilines is 1. The predicted octanol–water partition coefficient (Wildman–Crippen LogP) is 3.47. The van der Waals surface area contributed by atoms with E-state index in [0.717, 1.165) is 40.4 Å². The lowest BCUT2D eigenvalue weighted by molar-refractivity contribution is -0.117. The molecule has 0 aromatic carbocycles. The molecular formula is C26H26N4O3. The highest BCUT2D eigenvalue weighted by Crippen LogP contribution is 2.34. The molecule has 0 spiro atoms. The molecule has 2 atom stereocenters. The molecule has 1 amide bonds. The average Bonchev–Trinajstić information content (AvgIpc) is 3.65. The van der Waals surface area contributed by atoms with Gasteiger partial charge in [0.1, 0.15) is 11.5 Å². The second-order valence-corrected chi connectivity index (χ2v) is 8.99. The normalized spacial score (nSPS) is 22.5. The van der Waals surface area contributed by atoms with Gasteiger partial charge in [-0.25, -0.2) is 9.97 Å². The Labute approximate surface area is 192 Å². The predicted molar refractivity (Wildman–Crippen MR) is 124 cm³/mol. The molecule has 1 saturated carbocycles. The highest BCUT2D eigenvalue weighted by molar-refractivity contribution is 5.96. The maximum Gasteiger partial charge on any atom is 0.228 e. The molecule has 0 unspecified atom stereocenters. The van der Waals surface area contributed by atoms with E-state index in [1.165, 1.54) is 0 Å². The number of amides is 1. The molecule has 2 aliphatic rings. The monoisotopic (exact) mass is 442 g/mol. The van der Waals surface area contributed by atoms with Crippen molar-refractivity contribution in [2.24, 2.45) is 5.92 Å². The van der Waals surface area contributed by atoms with Crippen LogP contribution in [0, 0.1) is 24.7 Å². The number of aliphatic hydroxyl groups is 1. The van der Waals surface area contributed by atoms with Crippen LogP contribution >= 0.6 is 0 Å². The van der Waals surface area contributed by atoms with Gasteiger partial charge >= 0.3 is 0 Å². The Morgan fingerprint density at radius 2 is 2.00 bits per heavy atom. The molecule has 1 aliphatic heterocycles. The number of ether oxygens (including phenoxy) is 1. The molecule has 2 N–H and O–H groups in total. The highest BCUT2D eigenvalue weighted by atomic mass is 16.5. The van der Waals surface area contributed by atoms with Crippen molar-refractivity contribution < 1.29 is 14.6 Å². The first-order valence-corrected chi connectivity index (χ1v) is 11.3. The molecule has 2 fully saturated rings. The maximum absolute atomic E-state index is 12.1. The Bertz CT molecular complexity index is 1270. The molecule has 33 heavy (non-hydrogen) atoms. The fraction of sp³-hybridized carbons (Fsp3) is 0.385. The van der Waals surface area contributed by atoms with Crippen LogP contribution in [0.25, 0.3) is 10.8 Å². The van der Waals surface area contributed by atoms with Crippen LogP contribution in [0.1, 0.15) is 55.1 Å². The summed E-state index contributed by atoms with van der Waals surface area (Å²) in [4.78, 5) is 25.4. The van der Waals surface area contributed by atoms with Crippen molar-refractivity contribution in [3.63, 3.8) is 0 Å². The zero-order valence-electron chi connectivity index (χ0n) is 18.8. The molecule has 1 aliphatic carbocycles. The van der Waals surface area contributed by atoms with Gasteiger partial charge in [-0.15, -0.1) is 0 Å². The van der Waals surface area contributed by atoms with Crippen molar-refractivity contribution in [3.8, 4) is 11.8 Å².